The molecule has 1 atom stereocenters. The average molecular weight is 296 g/mol. The highest BCUT2D eigenvalue weighted by Crippen LogP contribution is 2.38. The number of nitrogens with zero attached hydrogens (tertiary/aromatic N) is 1. The zero-order valence-electron chi connectivity index (χ0n) is 13.7. The normalized spacial score (nSPS) is 25.5. The second kappa shape index (κ2) is 5.95. The minimum atomic E-state index is -0.648. The number of nitrogens with one attached hydrogen (secondary N) is 1. The van der Waals surface area contributed by atoms with E-state index in [0.717, 1.165) is 25.7 Å². The molecule has 1 saturated heterocycles. The van der Waals surface area contributed by atoms with Crippen LogP contribution in [0.1, 0.15) is 53.4 Å². The molecular formula is C16H28N2O3. The summed E-state index contributed by atoms with van der Waals surface area (Å²) in [5.41, 5.74) is -0.933. The van der Waals surface area contributed by atoms with Gasteiger partial charge in [0.05, 0.1) is 6.61 Å². The molecule has 0 aromatic carbocycles. The molecule has 1 heterocycles. The molecule has 1 spiro atoms. The van der Waals surface area contributed by atoms with Crippen LogP contribution in [0, 0.1) is 5.41 Å². The fourth-order valence-corrected chi connectivity index (χ4v) is 3.61. The summed E-state index contributed by atoms with van der Waals surface area (Å²) in [6, 6.07) is -0.420. The standard InChI is InChI=1S/C16H28N2O3/c1-5-21-11-10-18-12(15(2,3)4)13(19)17-16(14(18)20)8-6-7-9-16/h12H,5-11H2,1-4H3,(H,17,19). The Morgan fingerprint density at radius 2 is 1.90 bits per heavy atom. The predicted octanol–water partition coefficient (Wildman–Crippen LogP) is 1.71. The monoisotopic (exact) mass is 296 g/mol. The molecule has 0 radical (unpaired) electrons. The lowest BCUT2D eigenvalue weighted by Crippen LogP contribution is -2.72. The summed E-state index contributed by atoms with van der Waals surface area (Å²) < 4.78 is 5.41. The number of piperazine rings is 1. The van der Waals surface area contributed by atoms with Crippen LogP contribution in [0.15, 0.2) is 0 Å². The highest BCUT2D eigenvalue weighted by atomic mass is 16.5. The lowest BCUT2D eigenvalue weighted by molar-refractivity contribution is -0.160. The van der Waals surface area contributed by atoms with E-state index in [1.807, 2.05) is 27.7 Å². The first-order valence-corrected chi connectivity index (χ1v) is 8.03. The van der Waals surface area contributed by atoms with Crippen LogP contribution < -0.4 is 5.32 Å². The van der Waals surface area contributed by atoms with Gasteiger partial charge >= 0.3 is 0 Å². The predicted molar refractivity (Wildman–Crippen MR) is 80.8 cm³/mol. The molecule has 2 amide bonds. The van der Waals surface area contributed by atoms with Crippen LogP contribution >= 0.6 is 0 Å². The second-order valence-corrected chi connectivity index (χ2v) is 7.24. The maximum atomic E-state index is 13.0. The third-order valence-electron chi connectivity index (χ3n) is 4.55. The van der Waals surface area contributed by atoms with Gasteiger partial charge in [-0.2, -0.15) is 0 Å². The van der Waals surface area contributed by atoms with Crippen LogP contribution in [0.4, 0.5) is 0 Å². The average Bonchev–Trinajstić information content (AvgIpc) is 2.83. The smallest absolute Gasteiger partial charge is 0.249 e. The van der Waals surface area contributed by atoms with Gasteiger partial charge in [0.2, 0.25) is 11.8 Å². The Morgan fingerprint density at radius 1 is 1.29 bits per heavy atom. The van der Waals surface area contributed by atoms with Crippen LogP contribution in [0.3, 0.4) is 0 Å². The van der Waals surface area contributed by atoms with E-state index in [1.54, 1.807) is 4.90 Å². The van der Waals surface area contributed by atoms with E-state index < -0.39 is 11.6 Å². The molecule has 0 aromatic heterocycles. The van der Waals surface area contributed by atoms with Gasteiger partial charge < -0.3 is 15.0 Å². The Kier molecular flexibility index (Phi) is 4.61. The number of amides is 2. The molecule has 0 aromatic rings. The van der Waals surface area contributed by atoms with E-state index in [1.165, 1.54) is 0 Å². The van der Waals surface area contributed by atoms with Crippen molar-refractivity contribution in [3.05, 3.63) is 0 Å². The van der Waals surface area contributed by atoms with Crippen LogP contribution in [-0.2, 0) is 14.3 Å². The van der Waals surface area contributed by atoms with E-state index in [9.17, 15) is 9.59 Å². The maximum Gasteiger partial charge on any atom is 0.249 e. The minimum Gasteiger partial charge on any atom is -0.380 e. The van der Waals surface area contributed by atoms with E-state index in [4.69, 9.17) is 4.74 Å². The number of hydrogen-bond donors (Lipinski definition) is 1. The summed E-state index contributed by atoms with van der Waals surface area (Å²) in [6.07, 6.45) is 3.54. The zero-order chi connectivity index (χ0) is 15.7. The molecule has 2 rings (SSSR count). The molecule has 5 heteroatoms. The van der Waals surface area contributed by atoms with Gasteiger partial charge in [-0.3, -0.25) is 9.59 Å². The Bertz CT molecular complexity index is 408. The quantitative estimate of drug-likeness (QED) is 0.804. The van der Waals surface area contributed by atoms with Gasteiger partial charge in [-0.15, -0.1) is 0 Å². The molecule has 1 unspecified atom stereocenters. The van der Waals surface area contributed by atoms with Crippen molar-refractivity contribution in [2.45, 2.75) is 65.0 Å². The van der Waals surface area contributed by atoms with Gasteiger partial charge in [0.15, 0.2) is 0 Å². The van der Waals surface area contributed by atoms with Crippen molar-refractivity contribution < 1.29 is 14.3 Å². The lowest BCUT2D eigenvalue weighted by Gasteiger charge is -2.48. The van der Waals surface area contributed by atoms with Gasteiger partial charge in [0.1, 0.15) is 11.6 Å². The fourth-order valence-electron chi connectivity index (χ4n) is 3.61. The highest BCUT2D eigenvalue weighted by Gasteiger charge is 2.54. The van der Waals surface area contributed by atoms with Crippen molar-refractivity contribution in [1.82, 2.24) is 10.2 Å². The SMILES string of the molecule is CCOCCN1C(=O)C2(CCCC2)NC(=O)C1C(C)(C)C. The summed E-state index contributed by atoms with van der Waals surface area (Å²) in [4.78, 5) is 27.4. The van der Waals surface area contributed by atoms with Crippen molar-refractivity contribution in [2.24, 2.45) is 5.41 Å². The van der Waals surface area contributed by atoms with Crippen LogP contribution in [0.25, 0.3) is 0 Å². The Balaban J connectivity index is 2.25. The number of carbonyl (C=O) groups excluding carboxylic acids is 2. The third-order valence-corrected chi connectivity index (χ3v) is 4.55. The molecule has 1 N–H and O–H groups in total. The van der Waals surface area contributed by atoms with Crippen LogP contribution in [0.5, 0.6) is 0 Å². The van der Waals surface area contributed by atoms with Crippen LogP contribution in [-0.4, -0.2) is 48.1 Å². The first-order valence-electron chi connectivity index (χ1n) is 8.03. The second-order valence-electron chi connectivity index (χ2n) is 7.24. The molecule has 21 heavy (non-hydrogen) atoms. The van der Waals surface area contributed by atoms with Gasteiger partial charge in [0.25, 0.3) is 0 Å². The first-order chi connectivity index (χ1) is 9.82. The van der Waals surface area contributed by atoms with Gasteiger partial charge in [-0.05, 0) is 25.2 Å². The van der Waals surface area contributed by atoms with E-state index in [0.29, 0.717) is 19.8 Å². The number of hydrogen-bond acceptors (Lipinski definition) is 3. The molecular weight excluding hydrogens is 268 g/mol. The summed E-state index contributed by atoms with van der Waals surface area (Å²) >= 11 is 0. The summed E-state index contributed by atoms with van der Waals surface area (Å²) in [6.45, 7) is 9.55. The molecule has 1 aliphatic heterocycles. The lowest BCUT2D eigenvalue weighted by atomic mass is 9.80. The minimum absolute atomic E-state index is 0.0134. The molecule has 0 bridgehead atoms. The largest absolute Gasteiger partial charge is 0.380 e. The van der Waals surface area contributed by atoms with E-state index in [2.05, 4.69) is 5.32 Å². The van der Waals surface area contributed by atoms with Gasteiger partial charge in [0, 0.05) is 13.2 Å². The summed E-state index contributed by atoms with van der Waals surface area (Å²) in [5, 5.41) is 3.05. The maximum absolute atomic E-state index is 13.0. The molecule has 120 valence electrons. The van der Waals surface area contributed by atoms with E-state index >= 15 is 0 Å². The molecule has 1 saturated carbocycles. The van der Waals surface area contributed by atoms with E-state index in [-0.39, 0.29) is 17.2 Å². The summed E-state index contributed by atoms with van der Waals surface area (Å²) in [5.74, 6) is 0.0692. The molecule has 2 aliphatic rings. The van der Waals surface area contributed by atoms with Gasteiger partial charge in [-0.25, -0.2) is 0 Å². The zero-order valence-corrected chi connectivity index (χ0v) is 13.7. The molecule has 2 fully saturated rings. The number of rotatable bonds is 4. The Hall–Kier alpha value is -1.10. The Morgan fingerprint density at radius 3 is 2.43 bits per heavy atom. The first kappa shape index (κ1) is 16.3. The van der Waals surface area contributed by atoms with Crippen molar-refractivity contribution in [3.8, 4) is 0 Å². The molecule has 1 aliphatic carbocycles. The summed E-state index contributed by atoms with van der Waals surface area (Å²) in [7, 11) is 0. The third kappa shape index (κ3) is 3.07. The highest BCUT2D eigenvalue weighted by molar-refractivity contribution is 6.00. The Labute approximate surface area is 127 Å². The van der Waals surface area contributed by atoms with Crippen LogP contribution in [0.2, 0.25) is 0 Å². The van der Waals surface area contributed by atoms with Crippen molar-refractivity contribution >= 4 is 11.8 Å². The van der Waals surface area contributed by atoms with Crippen molar-refractivity contribution in [2.75, 3.05) is 19.8 Å². The van der Waals surface area contributed by atoms with Crippen molar-refractivity contribution in [3.63, 3.8) is 0 Å². The van der Waals surface area contributed by atoms with Gasteiger partial charge in [-0.1, -0.05) is 33.6 Å². The van der Waals surface area contributed by atoms with Crippen molar-refractivity contribution in [1.29, 1.82) is 0 Å². The topological polar surface area (TPSA) is 58.6 Å². The number of ether oxygens (including phenoxy) is 1. The molecule has 5 nitrogen and oxygen atoms in total. The number of carbonyl (C=O) groups is 2. The fraction of sp³-hybridized carbons (Fsp3) is 0.875.